The van der Waals surface area contributed by atoms with Crippen LogP contribution in [0.3, 0.4) is 0 Å². The highest BCUT2D eigenvalue weighted by molar-refractivity contribution is 6.38. The second kappa shape index (κ2) is 15.7. The average Bonchev–Trinajstić information content (AvgIpc) is 3.22. The quantitative estimate of drug-likeness (QED) is 0.175. The van der Waals surface area contributed by atoms with Crippen molar-refractivity contribution in [3.8, 4) is 0 Å². The summed E-state index contributed by atoms with van der Waals surface area (Å²) in [7, 11) is 0. The third kappa shape index (κ3) is 10.0. The van der Waals surface area contributed by atoms with E-state index in [2.05, 4.69) is 29.1 Å². The fraction of sp³-hybridized carbons (Fsp3) is 0.710. The molecule has 5 atom stereocenters. The largest absolute Gasteiger partial charge is 0.444 e. The molecule has 10 nitrogen and oxygen atoms in total. The van der Waals surface area contributed by atoms with Gasteiger partial charge >= 0.3 is 6.09 Å². The van der Waals surface area contributed by atoms with Crippen molar-refractivity contribution >= 4 is 29.6 Å². The lowest BCUT2D eigenvalue weighted by atomic mass is 9.83. The molecular formula is C31H50N4O6. The number of allylic oxidation sites excluding steroid dienone is 1. The van der Waals surface area contributed by atoms with Gasteiger partial charge in [0, 0.05) is 13.1 Å². The van der Waals surface area contributed by atoms with E-state index in [1.807, 2.05) is 13.8 Å². The summed E-state index contributed by atoms with van der Waals surface area (Å²) in [5.41, 5.74) is -0.728. The zero-order valence-corrected chi connectivity index (χ0v) is 25.5. The third-order valence-corrected chi connectivity index (χ3v) is 7.98. The number of ketones is 1. The number of rotatable bonds is 13. The molecule has 1 aliphatic heterocycles. The molecule has 0 aromatic rings. The molecule has 2 rings (SSSR count). The first-order valence-electron chi connectivity index (χ1n) is 14.9. The van der Waals surface area contributed by atoms with E-state index in [1.54, 1.807) is 37.8 Å². The number of ether oxygens (including phenoxy) is 1. The van der Waals surface area contributed by atoms with Gasteiger partial charge < -0.3 is 25.6 Å². The minimum Gasteiger partial charge on any atom is -0.444 e. The van der Waals surface area contributed by atoms with Crippen LogP contribution in [0.5, 0.6) is 0 Å². The van der Waals surface area contributed by atoms with Crippen LogP contribution in [-0.2, 0) is 23.9 Å². The maximum atomic E-state index is 14.1. The van der Waals surface area contributed by atoms with Crippen LogP contribution in [0.4, 0.5) is 4.79 Å². The van der Waals surface area contributed by atoms with Gasteiger partial charge in [0.25, 0.3) is 5.91 Å². The lowest BCUT2D eigenvalue weighted by molar-refractivity contribution is -0.144. The van der Waals surface area contributed by atoms with Crippen LogP contribution in [0.25, 0.3) is 0 Å². The molecule has 1 saturated heterocycles. The number of Topliss-reactive ketones (excluding diaryl/α,β-unsaturated/α-hetero) is 1. The van der Waals surface area contributed by atoms with E-state index in [9.17, 15) is 24.0 Å². The topological polar surface area (TPSA) is 134 Å². The van der Waals surface area contributed by atoms with Crippen molar-refractivity contribution < 1.29 is 28.7 Å². The molecule has 2 fully saturated rings. The molecule has 0 bridgehead atoms. The minimum atomic E-state index is -1.06. The molecule has 230 valence electrons. The summed E-state index contributed by atoms with van der Waals surface area (Å²) in [6.07, 6.45) is 8.31. The van der Waals surface area contributed by atoms with Gasteiger partial charge in [-0.25, -0.2) is 4.79 Å². The Morgan fingerprint density at radius 1 is 0.976 bits per heavy atom. The molecule has 1 heterocycles. The molecule has 41 heavy (non-hydrogen) atoms. The van der Waals surface area contributed by atoms with Gasteiger partial charge in [-0.1, -0.05) is 45.3 Å². The Morgan fingerprint density at radius 3 is 2.20 bits per heavy atom. The molecule has 2 aliphatic rings. The molecule has 10 heteroatoms. The van der Waals surface area contributed by atoms with Gasteiger partial charge in [-0.2, -0.15) is 0 Å². The van der Waals surface area contributed by atoms with Crippen molar-refractivity contribution in [2.45, 2.75) is 110 Å². The highest BCUT2D eigenvalue weighted by Crippen LogP contribution is 2.33. The third-order valence-electron chi connectivity index (χ3n) is 7.98. The predicted octanol–water partition coefficient (Wildman–Crippen LogP) is 3.66. The van der Waals surface area contributed by atoms with E-state index < -0.39 is 47.4 Å². The lowest BCUT2D eigenvalue weighted by Gasteiger charge is -2.35. The van der Waals surface area contributed by atoms with E-state index in [-0.39, 0.29) is 36.6 Å². The monoisotopic (exact) mass is 574 g/mol. The smallest absolute Gasteiger partial charge is 0.408 e. The maximum Gasteiger partial charge on any atom is 0.408 e. The Bertz CT molecular complexity index is 968. The van der Waals surface area contributed by atoms with Crippen molar-refractivity contribution in [3.63, 3.8) is 0 Å². The number of carbonyl (C=O) groups excluding carboxylic acids is 5. The summed E-state index contributed by atoms with van der Waals surface area (Å²) in [5.74, 6) is -2.60. The Balaban J connectivity index is 2.29. The normalized spacial score (nSPS) is 22.7. The predicted molar refractivity (Wildman–Crippen MR) is 158 cm³/mol. The van der Waals surface area contributed by atoms with Crippen LogP contribution in [0.2, 0.25) is 0 Å². The van der Waals surface area contributed by atoms with E-state index in [0.29, 0.717) is 19.4 Å². The molecule has 0 aromatic heterocycles. The highest BCUT2D eigenvalue weighted by Gasteiger charge is 2.47. The number of likely N-dealkylation sites (tertiary alicyclic amines) is 1. The summed E-state index contributed by atoms with van der Waals surface area (Å²) >= 11 is 0. The SMILES string of the molecule is C=CCCNC(=O)C(=O)[C@@H](CCC=C)NC(=O)[C@@H]1C(C)[C@@H](C)CN1C(=O)[C@@H](NC(=O)OC(C)(C)C)C1CCCCC1. The van der Waals surface area contributed by atoms with Crippen molar-refractivity contribution in [1.29, 1.82) is 0 Å². The summed E-state index contributed by atoms with van der Waals surface area (Å²) < 4.78 is 5.47. The molecule has 0 radical (unpaired) electrons. The molecule has 0 spiro atoms. The number of nitrogens with zero attached hydrogens (tertiary/aromatic N) is 1. The van der Waals surface area contributed by atoms with Crippen molar-refractivity contribution in [1.82, 2.24) is 20.9 Å². The molecular weight excluding hydrogens is 524 g/mol. The Hall–Kier alpha value is -3.17. The molecule has 1 aliphatic carbocycles. The number of hydrogen-bond donors (Lipinski definition) is 3. The van der Waals surface area contributed by atoms with Crippen LogP contribution in [0, 0.1) is 17.8 Å². The van der Waals surface area contributed by atoms with Gasteiger partial charge in [0.05, 0.1) is 6.04 Å². The molecule has 0 aromatic carbocycles. The number of nitrogens with one attached hydrogen (secondary N) is 3. The lowest BCUT2D eigenvalue weighted by Crippen LogP contribution is -2.59. The summed E-state index contributed by atoms with van der Waals surface area (Å²) in [6.45, 7) is 17.1. The minimum absolute atomic E-state index is 0.00719. The summed E-state index contributed by atoms with van der Waals surface area (Å²) in [6, 6.07) is -2.74. The first-order valence-corrected chi connectivity index (χ1v) is 14.9. The van der Waals surface area contributed by atoms with Crippen LogP contribution in [-0.4, -0.2) is 71.3 Å². The second-order valence-electron chi connectivity index (χ2n) is 12.4. The maximum absolute atomic E-state index is 14.1. The zero-order valence-electron chi connectivity index (χ0n) is 25.5. The Morgan fingerprint density at radius 2 is 1.61 bits per heavy atom. The first-order chi connectivity index (χ1) is 19.3. The van der Waals surface area contributed by atoms with Crippen molar-refractivity contribution in [3.05, 3.63) is 25.3 Å². The van der Waals surface area contributed by atoms with E-state index in [1.165, 1.54) is 0 Å². The van der Waals surface area contributed by atoms with E-state index in [4.69, 9.17) is 4.74 Å². The fourth-order valence-corrected chi connectivity index (χ4v) is 5.60. The van der Waals surface area contributed by atoms with Crippen LogP contribution in [0.1, 0.15) is 86.0 Å². The number of alkyl carbamates (subject to hydrolysis) is 1. The average molecular weight is 575 g/mol. The number of amides is 4. The van der Waals surface area contributed by atoms with E-state index >= 15 is 0 Å². The van der Waals surface area contributed by atoms with Crippen molar-refractivity contribution in [2.75, 3.05) is 13.1 Å². The second-order valence-corrected chi connectivity index (χ2v) is 12.4. The highest BCUT2D eigenvalue weighted by atomic mass is 16.6. The summed E-state index contributed by atoms with van der Waals surface area (Å²) in [4.78, 5) is 67.7. The Kier molecular flexibility index (Phi) is 13.1. The van der Waals surface area contributed by atoms with Gasteiger partial charge in [-0.05, 0) is 70.6 Å². The summed E-state index contributed by atoms with van der Waals surface area (Å²) in [5, 5.41) is 8.15. The molecule has 1 unspecified atom stereocenters. The van der Waals surface area contributed by atoms with Gasteiger partial charge in [-0.15, -0.1) is 13.2 Å². The number of hydrogen-bond acceptors (Lipinski definition) is 6. The van der Waals surface area contributed by atoms with Gasteiger partial charge in [0.15, 0.2) is 0 Å². The van der Waals surface area contributed by atoms with Crippen LogP contribution < -0.4 is 16.0 Å². The molecule has 1 saturated carbocycles. The van der Waals surface area contributed by atoms with Crippen LogP contribution >= 0.6 is 0 Å². The standard InChI is InChI=1S/C31H50N4O6/c1-8-10-17-23(26(36)28(38)32-18-11-9-2)33-27(37)25-21(4)20(3)19-35(25)29(39)24(22-15-13-12-14-16-22)34-30(40)41-31(5,6)7/h8-9,20-25H,1-2,10-19H2,3-7H3,(H,32,38)(H,33,37)(H,34,40)/t20-,21?,23+,24-,25-/m0/s1. The van der Waals surface area contributed by atoms with Gasteiger partial charge in [0.1, 0.15) is 17.7 Å². The van der Waals surface area contributed by atoms with E-state index in [0.717, 1.165) is 32.1 Å². The fourth-order valence-electron chi connectivity index (χ4n) is 5.60. The first kappa shape index (κ1) is 34.0. The number of carbonyl (C=O) groups is 5. The van der Waals surface area contributed by atoms with Crippen LogP contribution in [0.15, 0.2) is 25.3 Å². The Labute approximate surface area is 245 Å². The van der Waals surface area contributed by atoms with Crippen molar-refractivity contribution in [2.24, 2.45) is 17.8 Å². The molecule has 4 amide bonds. The molecule has 3 N–H and O–H groups in total. The van der Waals surface area contributed by atoms with Gasteiger partial charge in [0.2, 0.25) is 17.6 Å². The zero-order chi connectivity index (χ0) is 30.7. The van der Waals surface area contributed by atoms with Gasteiger partial charge in [-0.3, -0.25) is 19.2 Å².